The molecule has 0 aliphatic heterocycles. The summed E-state index contributed by atoms with van der Waals surface area (Å²) in [5.41, 5.74) is 6.70. The maximum atomic E-state index is 11.1. The van der Waals surface area contributed by atoms with Crippen LogP contribution in [0.5, 0.6) is 0 Å². The van der Waals surface area contributed by atoms with Crippen LogP contribution in [-0.4, -0.2) is 22.2 Å². The number of carboxylic acid groups (broad SMARTS) is 2. The summed E-state index contributed by atoms with van der Waals surface area (Å²) in [6.07, 6.45) is 0. The van der Waals surface area contributed by atoms with E-state index in [9.17, 15) is 9.59 Å². The Morgan fingerprint density at radius 2 is 0.727 bits per heavy atom. The second-order valence-corrected chi connectivity index (χ2v) is 8.54. The molecule has 0 aliphatic rings. The Balaban J connectivity index is 1.55. The van der Waals surface area contributed by atoms with Crippen LogP contribution >= 0.6 is 0 Å². The zero-order chi connectivity index (χ0) is 23.6. The number of hydrogen-bond acceptors (Lipinski definition) is 2. The van der Waals surface area contributed by atoms with Gasteiger partial charge in [-0.3, -0.25) is 0 Å². The summed E-state index contributed by atoms with van der Waals surface area (Å²) in [6, 6.07) is 30.5. The first-order valence-electron chi connectivity index (χ1n) is 10.6. The highest BCUT2D eigenvalue weighted by atomic mass is 16.4. The van der Waals surface area contributed by atoms with E-state index in [1.165, 1.54) is 11.1 Å². The van der Waals surface area contributed by atoms with Gasteiger partial charge >= 0.3 is 11.9 Å². The minimum Gasteiger partial charge on any atom is -0.478 e. The lowest BCUT2D eigenvalue weighted by Gasteiger charge is -2.26. The molecular formula is C29H24O4. The molecule has 0 atom stereocenters. The molecule has 0 amide bonds. The molecule has 0 saturated carbocycles. The van der Waals surface area contributed by atoms with Gasteiger partial charge in [0.15, 0.2) is 0 Å². The summed E-state index contributed by atoms with van der Waals surface area (Å²) in [7, 11) is 0. The second-order valence-electron chi connectivity index (χ2n) is 8.54. The smallest absolute Gasteiger partial charge is 0.335 e. The fourth-order valence-corrected chi connectivity index (χ4v) is 3.94. The zero-order valence-corrected chi connectivity index (χ0v) is 18.4. The molecule has 4 heteroatoms. The maximum Gasteiger partial charge on any atom is 0.335 e. The van der Waals surface area contributed by atoms with Crippen LogP contribution < -0.4 is 0 Å². The van der Waals surface area contributed by atoms with Crippen LogP contribution in [0.25, 0.3) is 22.3 Å². The molecule has 0 aromatic heterocycles. The minimum absolute atomic E-state index is 0.211. The van der Waals surface area contributed by atoms with Gasteiger partial charge in [0.1, 0.15) is 0 Å². The standard InChI is InChI=1S/C29H24O4/c1-29(2,25-15-11-21(12-16-25)19-3-7-23(8-4-19)27(30)31)26-17-13-22(14-18-26)20-5-9-24(10-6-20)28(32)33/h3-18H,1-2H3,(H,30,31)(H,32,33). The molecule has 0 unspecified atom stereocenters. The van der Waals surface area contributed by atoms with E-state index in [-0.39, 0.29) is 16.5 Å². The van der Waals surface area contributed by atoms with E-state index >= 15 is 0 Å². The van der Waals surface area contributed by atoms with Crippen molar-refractivity contribution in [2.75, 3.05) is 0 Å². The Hall–Kier alpha value is -4.18. The molecule has 0 spiro atoms. The summed E-state index contributed by atoms with van der Waals surface area (Å²) in [5, 5.41) is 18.1. The van der Waals surface area contributed by atoms with Gasteiger partial charge in [0.25, 0.3) is 0 Å². The molecule has 2 N–H and O–H groups in total. The van der Waals surface area contributed by atoms with Gasteiger partial charge in [0.2, 0.25) is 0 Å². The molecule has 33 heavy (non-hydrogen) atoms. The Bertz CT molecular complexity index is 1180. The zero-order valence-electron chi connectivity index (χ0n) is 18.4. The highest BCUT2D eigenvalue weighted by molar-refractivity contribution is 5.89. The van der Waals surface area contributed by atoms with Gasteiger partial charge in [0, 0.05) is 5.41 Å². The van der Waals surface area contributed by atoms with Crippen molar-refractivity contribution in [3.63, 3.8) is 0 Å². The topological polar surface area (TPSA) is 74.6 Å². The lowest BCUT2D eigenvalue weighted by molar-refractivity contribution is 0.0686. The van der Waals surface area contributed by atoms with Crippen LogP contribution in [0.15, 0.2) is 97.1 Å². The lowest BCUT2D eigenvalue weighted by Crippen LogP contribution is -2.18. The van der Waals surface area contributed by atoms with E-state index in [2.05, 4.69) is 62.4 Å². The van der Waals surface area contributed by atoms with Crippen molar-refractivity contribution in [3.8, 4) is 22.3 Å². The Kier molecular flexibility index (Phi) is 5.84. The van der Waals surface area contributed by atoms with Crippen LogP contribution in [0.1, 0.15) is 45.7 Å². The molecule has 0 saturated heterocycles. The Labute approximate surface area is 192 Å². The third-order valence-electron chi connectivity index (χ3n) is 6.14. The molecular weight excluding hydrogens is 412 g/mol. The summed E-state index contributed by atoms with van der Waals surface area (Å²) in [6.45, 7) is 4.36. The van der Waals surface area contributed by atoms with E-state index in [1.807, 2.05) is 24.3 Å². The number of aromatic carboxylic acids is 2. The molecule has 4 aromatic rings. The predicted molar refractivity (Wildman–Crippen MR) is 130 cm³/mol. The monoisotopic (exact) mass is 436 g/mol. The first kappa shape index (κ1) is 22.0. The molecule has 0 radical (unpaired) electrons. The second kappa shape index (κ2) is 8.75. The molecule has 164 valence electrons. The average Bonchev–Trinajstić information content (AvgIpc) is 2.84. The van der Waals surface area contributed by atoms with Crippen LogP contribution in [0, 0.1) is 0 Å². The largest absolute Gasteiger partial charge is 0.478 e. The van der Waals surface area contributed by atoms with Crippen LogP contribution in [0.4, 0.5) is 0 Å². The van der Waals surface area contributed by atoms with E-state index < -0.39 is 11.9 Å². The number of carbonyl (C=O) groups is 2. The van der Waals surface area contributed by atoms with Gasteiger partial charge in [-0.25, -0.2) is 9.59 Å². The van der Waals surface area contributed by atoms with E-state index in [0.717, 1.165) is 22.3 Å². The molecule has 4 nitrogen and oxygen atoms in total. The van der Waals surface area contributed by atoms with Gasteiger partial charge in [0.05, 0.1) is 11.1 Å². The number of benzene rings is 4. The number of carboxylic acids is 2. The molecule has 0 fully saturated rings. The molecule has 4 aromatic carbocycles. The highest BCUT2D eigenvalue weighted by Gasteiger charge is 2.23. The molecule has 0 aliphatic carbocycles. The summed E-state index contributed by atoms with van der Waals surface area (Å²) in [4.78, 5) is 22.1. The van der Waals surface area contributed by atoms with Gasteiger partial charge in [-0.2, -0.15) is 0 Å². The first-order valence-corrected chi connectivity index (χ1v) is 10.6. The van der Waals surface area contributed by atoms with E-state index in [4.69, 9.17) is 10.2 Å². The predicted octanol–water partition coefficient (Wildman–Crippen LogP) is 6.74. The molecule has 0 bridgehead atoms. The average molecular weight is 437 g/mol. The number of rotatable bonds is 6. The van der Waals surface area contributed by atoms with Crippen LogP contribution in [0.2, 0.25) is 0 Å². The highest BCUT2D eigenvalue weighted by Crippen LogP contribution is 2.34. The van der Waals surface area contributed by atoms with Crippen molar-refractivity contribution in [3.05, 3.63) is 119 Å². The summed E-state index contributed by atoms with van der Waals surface area (Å²) < 4.78 is 0. The van der Waals surface area contributed by atoms with Crippen molar-refractivity contribution in [2.24, 2.45) is 0 Å². The maximum absolute atomic E-state index is 11.1. The van der Waals surface area contributed by atoms with Gasteiger partial charge in [-0.15, -0.1) is 0 Å². The molecule has 0 heterocycles. The van der Waals surface area contributed by atoms with Gasteiger partial charge < -0.3 is 10.2 Å². The third-order valence-corrected chi connectivity index (χ3v) is 6.14. The van der Waals surface area contributed by atoms with E-state index in [0.29, 0.717) is 0 Å². The fraction of sp³-hybridized carbons (Fsp3) is 0.103. The summed E-state index contributed by atoms with van der Waals surface area (Å²) >= 11 is 0. The van der Waals surface area contributed by atoms with Crippen molar-refractivity contribution in [2.45, 2.75) is 19.3 Å². The van der Waals surface area contributed by atoms with Crippen molar-refractivity contribution in [1.29, 1.82) is 0 Å². The number of hydrogen-bond donors (Lipinski definition) is 2. The Morgan fingerprint density at radius 1 is 0.485 bits per heavy atom. The van der Waals surface area contributed by atoms with E-state index in [1.54, 1.807) is 24.3 Å². The summed E-state index contributed by atoms with van der Waals surface area (Å²) in [5.74, 6) is -1.86. The van der Waals surface area contributed by atoms with Crippen LogP contribution in [-0.2, 0) is 5.41 Å². The SMILES string of the molecule is CC(C)(c1ccc(-c2ccc(C(=O)O)cc2)cc1)c1ccc(-c2ccc(C(=O)O)cc2)cc1. The Morgan fingerprint density at radius 3 is 0.970 bits per heavy atom. The van der Waals surface area contributed by atoms with Gasteiger partial charge in [-0.1, -0.05) is 86.6 Å². The minimum atomic E-state index is -0.929. The molecule has 4 rings (SSSR count). The fourth-order valence-electron chi connectivity index (χ4n) is 3.94. The normalized spacial score (nSPS) is 11.2. The van der Waals surface area contributed by atoms with Crippen molar-refractivity contribution >= 4 is 11.9 Å². The van der Waals surface area contributed by atoms with Crippen molar-refractivity contribution < 1.29 is 19.8 Å². The van der Waals surface area contributed by atoms with Crippen molar-refractivity contribution in [1.82, 2.24) is 0 Å². The van der Waals surface area contributed by atoms with Crippen LogP contribution in [0.3, 0.4) is 0 Å². The lowest BCUT2D eigenvalue weighted by atomic mass is 9.77. The third kappa shape index (κ3) is 4.55. The first-order chi connectivity index (χ1) is 15.8. The van der Waals surface area contributed by atoms with Gasteiger partial charge in [-0.05, 0) is 57.6 Å². The quantitative estimate of drug-likeness (QED) is 0.351.